The number of ketones is 1. The molecule has 0 fully saturated rings. The second-order valence-electron chi connectivity index (χ2n) is 1.70. The number of nitrogens with zero attached hydrogens (tertiary/aromatic N) is 1. The molecule has 1 rings (SSSR count). The maximum atomic E-state index is 10.6. The van der Waals surface area contributed by atoms with Crippen LogP contribution in [0.5, 0.6) is 0 Å². The minimum Gasteiger partial charge on any atom is -0.294 e. The van der Waals surface area contributed by atoms with Crippen LogP contribution in [0.4, 0.5) is 0 Å². The van der Waals surface area contributed by atoms with Crippen LogP contribution in [0.15, 0.2) is 24.4 Å². The van der Waals surface area contributed by atoms with Crippen LogP contribution in [0.1, 0.15) is 10.5 Å². The van der Waals surface area contributed by atoms with Gasteiger partial charge in [-0.2, -0.15) is 0 Å². The number of carbonyl (C=O) groups excluding carboxylic acids is 2. The van der Waals surface area contributed by atoms with Gasteiger partial charge in [0.15, 0.2) is 6.29 Å². The summed E-state index contributed by atoms with van der Waals surface area (Å²) in [5, 5.41) is 0. The van der Waals surface area contributed by atoms with Crippen LogP contribution in [0.2, 0.25) is 0 Å². The van der Waals surface area contributed by atoms with Crippen LogP contribution in [-0.2, 0) is 4.79 Å². The highest BCUT2D eigenvalue weighted by molar-refractivity contribution is 6.32. The molecule has 0 spiro atoms. The predicted octanol–water partition coefficient (Wildman–Crippen LogP) is 0.885. The van der Waals surface area contributed by atoms with Gasteiger partial charge in [0.1, 0.15) is 5.69 Å². The van der Waals surface area contributed by atoms with E-state index in [-0.39, 0.29) is 24.4 Å². The number of hydrogen-bond acceptors (Lipinski definition) is 3. The zero-order valence-electron chi connectivity index (χ0n) is 5.56. The molecule has 0 unspecified atom stereocenters. The van der Waals surface area contributed by atoms with E-state index in [1.54, 1.807) is 12.1 Å². The van der Waals surface area contributed by atoms with Gasteiger partial charge in [-0.15, -0.1) is 12.4 Å². The van der Waals surface area contributed by atoms with E-state index in [0.29, 0.717) is 0 Å². The molecule has 0 aliphatic carbocycles. The SMILES string of the molecule is Cl.O=CC(=O)c1ccccn1. The van der Waals surface area contributed by atoms with Gasteiger partial charge in [-0.05, 0) is 12.1 Å². The fourth-order valence-corrected chi connectivity index (χ4v) is 0.569. The van der Waals surface area contributed by atoms with E-state index < -0.39 is 5.78 Å². The largest absolute Gasteiger partial charge is 0.294 e. The molecule has 1 aromatic rings. The summed E-state index contributed by atoms with van der Waals surface area (Å²) in [7, 11) is 0. The van der Waals surface area contributed by atoms with E-state index in [2.05, 4.69) is 4.98 Å². The molecule has 0 saturated carbocycles. The van der Waals surface area contributed by atoms with Crippen LogP contribution in [0.25, 0.3) is 0 Å². The number of aromatic nitrogens is 1. The summed E-state index contributed by atoms with van der Waals surface area (Å²) in [6, 6.07) is 4.84. The molecule has 0 N–H and O–H groups in total. The maximum Gasteiger partial charge on any atom is 0.243 e. The van der Waals surface area contributed by atoms with E-state index in [1.807, 2.05) is 0 Å². The van der Waals surface area contributed by atoms with Gasteiger partial charge in [-0.3, -0.25) is 14.6 Å². The summed E-state index contributed by atoms with van der Waals surface area (Å²) >= 11 is 0. The molecule has 4 heteroatoms. The first kappa shape index (κ1) is 9.78. The van der Waals surface area contributed by atoms with Gasteiger partial charge >= 0.3 is 0 Å². The number of rotatable bonds is 2. The van der Waals surface area contributed by atoms with Crippen LogP contribution < -0.4 is 0 Å². The van der Waals surface area contributed by atoms with Crippen molar-refractivity contribution in [2.45, 2.75) is 0 Å². The van der Waals surface area contributed by atoms with Gasteiger partial charge in [0.25, 0.3) is 0 Å². The van der Waals surface area contributed by atoms with Crippen molar-refractivity contribution < 1.29 is 9.59 Å². The van der Waals surface area contributed by atoms with E-state index in [9.17, 15) is 9.59 Å². The molecular formula is C7H6ClNO2. The molecular weight excluding hydrogens is 166 g/mol. The number of pyridine rings is 1. The monoisotopic (exact) mass is 171 g/mol. The molecule has 0 aromatic carbocycles. The summed E-state index contributed by atoms with van der Waals surface area (Å²) in [5.74, 6) is -0.583. The van der Waals surface area contributed by atoms with Crippen LogP contribution in [-0.4, -0.2) is 17.1 Å². The predicted molar refractivity (Wildman–Crippen MR) is 41.9 cm³/mol. The summed E-state index contributed by atoms with van der Waals surface area (Å²) < 4.78 is 0. The highest BCUT2D eigenvalue weighted by atomic mass is 35.5. The third-order valence-electron chi connectivity index (χ3n) is 1.02. The summed E-state index contributed by atoms with van der Waals surface area (Å²) in [5.41, 5.74) is 0.192. The third kappa shape index (κ3) is 2.47. The number of hydrogen-bond donors (Lipinski definition) is 0. The maximum absolute atomic E-state index is 10.6. The lowest BCUT2D eigenvalue weighted by Crippen LogP contribution is -2.01. The molecule has 1 aromatic heterocycles. The van der Waals surface area contributed by atoms with Gasteiger partial charge in [-0.1, -0.05) is 6.07 Å². The Morgan fingerprint density at radius 2 is 2.18 bits per heavy atom. The zero-order valence-corrected chi connectivity index (χ0v) is 6.38. The van der Waals surface area contributed by atoms with Crippen molar-refractivity contribution in [2.24, 2.45) is 0 Å². The van der Waals surface area contributed by atoms with Crippen molar-refractivity contribution in [1.82, 2.24) is 4.98 Å². The fourth-order valence-electron chi connectivity index (χ4n) is 0.569. The Balaban J connectivity index is 0.000001000. The molecule has 0 bridgehead atoms. The van der Waals surface area contributed by atoms with Gasteiger partial charge in [0.2, 0.25) is 5.78 Å². The molecule has 0 saturated heterocycles. The van der Waals surface area contributed by atoms with Gasteiger partial charge in [0, 0.05) is 6.20 Å². The minimum atomic E-state index is -0.583. The molecule has 0 radical (unpaired) electrons. The van der Waals surface area contributed by atoms with Crippen LogP contribution in [0.3, 0.4) is 0 Å². The molecule has 11 heavy (non-hydrogen) atoms. The standard InChI is InChI=1S/C7H5NO2.ClH/c9-5-7(10)6-3-1-2-4-8-6;/h1-5H;1H. The first-order valence-corrected chi connectivity index (χ1v) is 2.75. The zero-order chi connectivity index (χ0) is 7.40. The Bertz CT molecular complexity index is 248. The number of carbonyl (C=O) groups is 2. The molecule has 1 heterocycles. The first-order valence-electron chi connectivity index (χ1n) is 2.75. The Kier molecular flexibility index (Phi) is 4.07. The van der Waals surface area contributed by atoms with Crippen molar-refractivity contribution >= 4 is 24.5 Å². The molecule has 3 nitrogen and oxygen atoms in total. The number of Topliss-reactive ketones (excluding diaryl/α,β-unsaturated/α-hetero) is 1. The Hall–Kier alpha value is -1.22. The Labute approximate surface area is 69.9 Å². The average molecular weight is 172 g/mol. The van der Waals surface area contributed by atoms with Crippen molar-refractivity contribution in [1.29, 1.82) is 0 Å². The third-order valence-corrected chi connectivity index (χ3v) is 1.02. The minimum absolute atomic E-state index is 0. The van der Waals surface area contributed by atoms with Crippen LogP contribution >= 0.6 is 12.4 Å². The van der Waals surface area contributed by atoms with E-state index in [0.717, 1.165) is 0 Å². The Morgan fingerprint density at radius 1 is 1.45 bits per heavy atom. The number of aldehydes is 1. The highest BCUT2D eigenvalue weighted by Gasteiger charge is 2.01. The molecule has 58 valence electrons. The molecule has 0 aliphatic rings. The van der Waals surface area contributed by atoms with Crippen LogP contribution in [0, 0.1) is 0 Å². The second-order valence-corrected chi connectivity index (χ2v) is 1.70. The van der Waals surface area contributed by atoms with Crippen molar-refractivity contribution in [3.05, 3.63) is 30.1 Å². The number of halogens is 1. The summed E-state index contributed by atoms with van der Waals surface area (Å²) in [6.45, 7) is 0. The Morgan fingerprint density at radius 3 is 2.64 bits per heavy atom. The molecule has 0 aliphatic heterocycles. The van der Waals surface area contributed by atoms with E-state index >= 15 is 0 Å². The van der Waals surface area contributed by atoms with Gasteiger partial charge in [0.05, 0.1) is 0 Å². The van der Waals surface area contributed by atoms with Crippen molar-refractivity contribution in [3.8, 4) is 0 Å². The highest BCUT2D eigenvalue weighted by Crippen LogP contribution is 1.91. The fraction of sp³-hybridized carbons (Fsp3) is 0. The van der Waals surface area contributed by atoms with Crippen molar-refractivity contribution in [2.75, 3.05) is 0 Å². The average Bonchev–Trinajstić information content (AvgIpc) is 2.05. The molecule has 0 atom stereocenters. The summed E-state index contributed by atoms with van der Waals surface area (Å²) in [6.07, 6.45) is 1.72. The van der Waals surface area contributed by atoms with Gasteiger partial charge < -0.3 is 0 Å². The summed E-state index contributed by atoms with van der Waals surface area (Å²) in [4.78, 5) is 24.2. The lowest BCUT2D eigenvalue weighted by Gasteiger charge is -1.87. The smallest absolute Gasteiger partial charge is 0.243 e. The topological polar surface area (TPSA) is 47.0 Å². The van der Waals surface area contributed by atoms with E-state index in [1.165, 1.54) is 12.3 Å². The normalized spacial score (nSPS) is 8.00. The van der Waals surface area contributed by atoms with Crippen molar-refractivity contribution in [3.63, 3.8) is 0 Å². The lowest BCUT2D eigenvalue weighted by atomic mass is 10.3. The molecule has 0 amide bonds. The first-order chi connectivity index (χ1) is 4.84. The van der Waals surface area contributed by atoms with Gasteiger partial charge in [-0.25, -0.2) is 0 Å². The lowest BCUT2D eigenvalue weighted by molar-refractivity contribution is -0.104. The van der Waals surface area contributed by atoms with E-state index in [4.69, 9.17) is 0 Å². The second kappa shape index (κ2) is 4.57. The quantitative estimate of drug-likeness (QED) is 0.377.